The number of methoxy groups -OCH3 is 3. The molecule has 3 aromatic rings. The van der Waals surface area contributed by atoms with E-state index in [4.69, 9.17) is 33.2 Å². The van der Waals surface area contributed by atoms with E-state index in [1.165, 1.54) is 94.1 Å². The third-order valence-electron chi connectivity index (χ3n) is 6.46. The maximum absolute atomic E-state index is 15.4. The lowest BCUT2D eigenvalue weighted by molar-refractivity contribution is -0.261. The summed E-state index contributed by atoms with van der Waals surface area (Å²) in [5, 5.41) is 9.98. The van der Waals surface area contributed by atoms with Crippen LogP contribution in [0.4, 0.5) is 4.39 Å². The first-order valence-corrected chi connectivity index (χ1v) is 12.7. The second-order valence-electron chi connectivity index (χ2n) is 9.00. The highest BCUT2D eigenvalue weighted by Gasteiger charge is 2.53. The van der Waals surface area contributed by atoms with E-state index in [0.717, 1.165) is 0 Å². The Bertz CT molecular complexity index is 1360. The number of aliphatic hydroxyl groups excluding tert-OH is 1. The lowest BCUT2D eigenvalue weighted by atomic mass is 9.98. The maximum Gasteiger partial charge on any atom is 0.338 e. The van der Waals surface area contributed by atoms with E-state index >= 15 is 4.39 Å². The topological polar surface area (TPSA) is 136 Å². The van der Waals surface area contributed by atoms with Crippen LogP contribution in [0.3, 0.4) is 0 Å². The molecule has 0 radical (unpaired) electrons. The summed E-state index contributed by atoms with van der Waals surface area (Å²) in [5.74, 6) is -1.38. The van der Waals surface area contributed by atoms with Crippen molar-refractivity contribution in [2.24, 2.45) is 0 Å². The van der Waals surface area contributed by atoms with Crippen molar-refractivity contribution in [1.82, 2.24) is 0 Å². The number of esters is 3. The van der Waals surface area contributed by atoms with Gasteiger partial charge in [0.15, 0.2) is 18.3 Å². The molecule has 1 N–H and O–H groups in total. The SMILES string of the molecule is COc1ccc(C(=O)O[C@@H]2[C@@H](OC(=O)c3ccc(OC)cc3)[C@H](F)O[C@H](CO)[C@H]2OC(=O)c2ccc(OC)cc2)cc1. The number of carbonyl (C=O) groups excluding carboxylic acids is 3. The van der Waals surface area contributed by atoms with E-state index in [9.17, 15) is 19.5 Å². The van der Waals surface area contributed by atoms with Crippen LogP contribution in [-0.2, 0) is 18.9 Å². The first-order valence-electron chi connectivity index (χ1n) is 12.7. The normalized spacial score (nSPS) is 21.5. The molecule has 11 nitrogen and oxygen atoms in total. The van der Waals surface area contributed by atoms with Crippen LogP contribution in [0.25, 0.3) is 0 Å². The Kier molecular flexibility index (Phi) is 9.94. The Balaban J connectivity index is 1.65. The van der Waals surface area contributed by atoms with Gasteiger partial charge in [0.2, 0.25) is 6.36 Å². The molecule has 0 amide bonds. The number of carbonyl (C=O) groups is 3. The molecule has 1 fully saturated rings. The molecule has 1 aliphatic rings. The predicted molar refractivity (Wildman–Crippen MR) is 143 cm³/mol. The second kappa shape index (κ2) is 13.8. The monoisotopic (exact) mass is 584 g/mol. The second-order valence-corrected chi connectivity index (χ2v) is 9.00. The van der Waals surface area contributed by atoms with Gasteiger partial charge in [0.1, 0.15) is 23.4 Å². The molecule has 5 atom stereocenters. The molecule has 3 aromatic carbocycles. The Labute approximate surface area is 240 Å². The number of rotatable bonds is 10. The van der Waals surface area contributed by atoms with Crippen molar-refractivity contribution in [3.8, 4) is 17.2 Å². The molecule has 1 saturated heterocycles. The number of hydrogen-bond donors (Lipinski definition) is 1. The van der Waals surface area contributed by atoms with Gasteiger partial charge in [0.05, 0.1) is 44.6 Å². The van der Waals surface area contributed by atoms with E-state index in [1.54, 1.807) is 0 Å². The van der Waals surface area contributed by atoms with Gasteiger partial charge in [-0.2, -0.15) is 0 Å². The summed E-state index contributed by atoms with van der Waals surface area (Å²) in [6.45, 7) is -0.809. The molecule has 1 heterocycles. The van der Waals surface area contributed by atoms with Gasteiger partial charge >= 0.3 is 17.9 Å². The van der Waals surface area contributed by atoms with E-state index in [-0.39, 0.29) is 16.7 Å². The highest BCUT2D eigenvalue weighted by atomic mass is 19.1. The number of aliphatic hydroxyl groups is 1. The van der Waals surface area contributed by atoms with Crippen molar-refractivity contribution < 1.29 is 57.0 Å². The van der Waals surface area contributed by atoms with Crippen LogP contribution in [-0.4, -0.2) is 81.7 Å². The summed E-state index contributed by atoms with van der Waals surface area (Å²) in [6, 6.07) is 17.5. The molecule has 12 heteroatoms. The summed E-state index contributed by atoms with van der Waals surface area (Å²) < 4.78 is 52.6. The van der Waals surface area contributed by atoms with E-state index in [0.29, 0.717) is 17.2 Å². The first kappa shape index (κ1) is 30.3. The van der Waals surface area contributed by atoms with Gasteiger partial charge < -0.3 is 38.3 Å². The minimum absolute atomic E-state index is 0.0410. The smallest absolute Gasteiger partial charge is 0.338 e. The Morgan fingerprint density at radius 1 is 0.619 bits per heavy atom. The molecule has 4 rings (SSSR count). The van der Waals surface area contributed by atoms with Crippen molar-refractivity contribution in [2.75, 3.05) is 27.9 Å². The van der Waals surface area contributed by atoms with Gasteiger partial charge in [-0.1, -0.05) is 0 Å². The van der Waals surface area contributed by atoms with E-state index in [1.807, 2.05) is 0 Å². The zero-order valence-corrected chi connectivity index (χ0v) is 22.9. The van der Waals surface area contributed by atoms with Gasteiger partial charge in [-0.3, -0.25) is 0 Å². The van der Waals surface area contributed by atoms with Crippen molar-refractivity contribution >= 4 is 17.9 Å². The fourth-order valence-corrected chi connectivity index (χ4v) is 4.17. The number of halogens is 1. The standard InChI is InChI=1S/C30H29FO11/c1-36-20-10-4-17(5-11-20)28(33)40-24-23(16-32)39-27(31)26(42-30(35)19-8-14-22(38-3)15-9-19)25(24)41-29(34)18-6-12-21(37-2)13-7-18/h4-15,23-27,32H,16H2,1-3H3/t23-,24-,25+,26-,27-/m1/s1. The zero-order valence-electron chi connectivity index (χ0n) is 22.9. The lowest BCUT2D eigenvalue weighted by Gasteiger charge is -2.41. The third kappa shape index (κ3) is 6.96. The fraction of sp³-hybridized carbons (Fsp3) is 0.300. The quantitative estimate of drug-likeness (QED) is 0.277. The Morgan fingerprint density at radius 3 is 1.29 bits per heavy atom. The van der Waals surface area contributed by atoms with Gasteiger partial charge in [-0.15, -0.1) is 0 Å². The van der Waals surface area contributed by atoms with Crippen LogP contribution in [0.1, 0.15) is 31.1 Å². The van der Waals surface area contributed by atoms with Gasteiger partial charge in [-0.25, -0.2) is 18.8 Å². The molecule has 0 unspecified atom stereocenters. The average molecular weight is 585 g/mol. The van der Waals surface area contributed by atoms with Crippen LogP contribution in [0.2, 0.25) is 0 Å². The molecular weight excluding hydrogens is 555 g/mol. The summed E-state index contributed by atoms with van der Waals surface area (Å²) in [7, 11) is 4.36. The summed E-state index contributed by atoms with van der Waals surface area (Å²) in [6.07, 6.45) is -8.99. The number of alkyl halides is 1. The zero-order chi connectivity index (χ0) is 30.2. The fourth-order valence-electron chi connectivity index (χ4n) is 4.17. The molecule has 1 aliphatic heterocycles. The minimum Gasteiger partial charge on any atom is -0.497 e. The largest absolute Gasteiger partial charge is 0.497 e. The van der Waals surface area contributed by atoms with Crippen LogP contribution in [0, 0.1) is 0 Å². The van der Waals surface area contributed by atoms with Crippen molar-refractivity contribution in [3.05, 3.63) is 89.5 Å². The molecule has 0 spiro atoms. The minimum atomic E-state index is -2.35. The molecule has 0 saturated carbocycles. The summed E-state index contributed by atoms with van der Waals surface area (Å²) in [5.41, 5.74) is 0.180. The number of benzene rings is 3. The highest BCUT2D eigenvalue weighted by molar-refractivity contribution is 5.91. The number of hydrogen-bond acceptors (Lipinski definition) is 11. The van der Waals surface area contributed by atoms with Crippen molar-refractivity contribution in [1.29, 1.82) is 0 Å². The third-order valence-corrected chi connectivity index (χ3v) is 6.46. The van der Waals surface area contributed by atoms with Crippen LogP contribution in [0.15, 0.2) is 72.8 Å². The lowest BCUT2D eigenvalue weighted by Crippen LogP contribution is -2.61. The Hall–Kier alpha value is -4.68. The van der Waals surface area contributed by atoms with Crippen molar-refractivity contribution in [3.63, 3.8) is 0 Å². The van der Waals surface area contributed by atoms with Gasteiger partial charge in [0.25, 0.3) is 0 Å². The van der Waals surface area contributed by atoms with E-state index < -0.39 is 55.3 Å². The first-order chi connectivity index (χ1) is 20.3. The molecule has 222 valence electrons. The average Bonchev–Trinajstić information content (AvgIpc) is 3.03. The Morgan fingerprint density at radius 2 is 0.952 bits per heavy atom. The number of ether oxygens (including phenoxy) is 7. The van der Waals surface area contributed by atoms with Crippen molar-refractivity contribution in [2.45, 2.75) is 30.8 Å². The van der Waals surface area contributed by atoms with Gasteiger partial charge in [-0.05, 0) is 72.8 Å². The molecule has 0 aromatic heterocycles. The highest BCUT2D eigenvalue weighted by Crippen LogP contribution is 2.31. The molecule has 42 heavy (non-hydrogen) atoms. The molecular formula is C30H29FO11. The summed E-state index contributed by atoms with van der Waals surface area (Å²) in [4.78, 5) is 39.2. The van der Waals surface area contributed by atoms with Gasteiger partial charge in [0, 0.05) is 0 Å². The predicted octanol–water partition coefficient (Wildman–Crippen LogP) is 3.38. The van der Waals surface area contributed by atoms with E-state index in [2.05, 4.69) is 0 Å². The maximum atomic E-state index is 15.4. The van der Waals surface area contributed by atoms with Crippen LogP contribution in [0.5, 0.6) is 17.2 Å². The summed E-state index contributed by atoms with van der Waals surface area (Å²) >= 11 is 0. The molecule has 0 bridgehead atoms. The molecule has 0 aliphatic carbocycles. The van der Waals surface area contributed by atoms with Crippen LogP contribution >= 0.6 is 0 Å². The van der Waals surface area contributed by atoms with Crippen LogP contribution < -0.4 is 14.2 Å².